The van der Waals surface area contributed by atoms with E-state index in [1.54, 1.807) is 0 Å². The first-order valence-electron chi connectivity index (χ1n) is 5.34. The number of carbonyl (C=O) groups excluding carboxylic acids is 1. The topological polar surface area (TPSA) is 58.6 Å². The summed E-state index contributed by atoms with van der Waals surface area (Å²) < 4.78 is 17.4. The van der Waals surface area contributed by atoms with Gasteiger partial charge in [-0.25, -0.2) is 4.39 Å². The van der Waals surface area contributed by atoms with Crippen LogP contribution in [-0.2, 0) is 4.74 Å². The smallest absolute Gasteiger partial charge is 0.251 e. The molecule has 94 valence electrons. The molecule has 0 saturated carbocycles. The third-order valence-electron chi connectivity index (χ3n) is 2.23. The summed E-state index contributed by atoms with van der Waals surface area (Å²) in [6.07, 6.45) is -0.172. The highest BCUT2D eigenvalue weighted by Crippen LogP contribution is 2.02. The van der Waals surface area contributed by atoms with Crippen molar-refractivity contribution in [2.45, 2.75) is 12.5 Å². The molecule has 0 aliphatic rings. The van der Waals surface area contributed by atoms with E-state index in [0.717, 1.165) is 0 Å². The van der Waals surface area contributed by atoms with Gasteiger partial charge in [0.05, 0.1) is 12.7 Å². The van der Waals surface area contributed by atoms with Crippen LogP contribution in [0.25, 0.3) is 0 Å². The molecule has 17 heavy (non-hydrogen) atoms. The van der Waals surface area contributed by atoms with Gasteiger partial charge in [-0.2, -0.15) is 0 Å². The monoisotopic (exact) mass is 241 g/mol. The van der Waals surface area contributed by atoms with Gasteiger partial charge in [-0.05, 0) is 30.7 Å². The summed E-state index contributed by atoms with van der Waals surface area (Å²) in [5, 5.41) is 12.0. The lowest BCUT2D eigenvalue weighted by molar-refractivity contribution is 0.0587. The van der Waals surface area contributed by atoms with Crippen LogP contribution in [0.5, 0.6) is 0 Å². The number of methoxy groups -OCH3 is 1. The Kier molecular flexibility index (Phi) is 5.59. The van der Waals surface area contributed by atoms with E-state index in [9.17, 15) is 14.3 Å². The second kappa shape index (κ2) is 6.98. The minimum absolute atomic E-state index is 0.242. The summed E-state index contributed by atoms with van der Waals surface area (Å²) in [4.78, 5) is 11.5. The number of carbonyl (C=O) groups is 1. The van der Waals surface area contributed by atoms with Gasteiger partial charge < -0.3 is 15.2 Å². The van der Waals surface area contributed by atoms with Gasteiger partial charge in [0.1, 0.15) is 5.82 Å². The molecule has 1 rings (SSSR count). The van der Waals surface area contributed by atoms with Crippen molar-refractivity contribution < 1.29 is 19.0 Å². The number of halogens is 1. The van der Waals surface area contributed by atoms with E-state index >= 15 is 0 Å². The summed E-state index contributed by atoms with van der Waals surface area (Å²) in [7, 11) is 1.50. The molecule has 0 radical (unpaired) electrons. The van der Waals surface area contributed by atoms with Crippen LogP contribution in [0.2, 0.25) is 0 Å². The van der Waals surface area contributed by atoms with Gasteiger partial charge in [-0.1, -0.05) is 0 Å². The Morgan fingerprint density at radius 2 is 2.12 bits per heavy atom. The molecule has 0 fully saturated rings. The molecule has 0 aliphatic carbocycles. The number of hydrogen-bond donors (Lipinski definition) is 2. The molecule has 1 aromatic carbocycles. The first-order chi connectivity index (χ1) is 8.13. The van der Waals surface area contributed by atoms with Crippen molar-refractivity contribution in [3.63, 3.8) is 0 Å². The molecule has 2 N–H and O–H groups in total. The van der Waals surface area contributed by atoms with Gasteiger partial charge >= 0.3 is 0 Å². The van der Waals surface area contributed by atoms with Crippen molar-refractivity contribution in [1.29, 1.82) is 0 Å². The van der Waals surface area contributed by atoms with E-state index in [4.69, 9.17) is 4.74 Å². The first-order valence-corrected chi connectivity index (χ1v) is 5.34. The summed E-state index contributed by atoms with van der Waals surface area (Å²) >= 11 is 0. The largest absolute Gasteiger partial charge is 0.391 e. The van der Waals surface area contributed by atoms with Gasteiger partial charge in [0.15, 0.2) is 0 Å². The summed E-state index contributed by atoms with van der Waals surface area (Å²) in [5.74, 6) is -0.660. The SMILES string of the molecule is COCC(O)CCNC(=O)c1ccc(F)cc1. The highest BCUT2D eigenvalue weighted by atomic mass is 19.1. The number of benzene rings is 1. The molecule has 0 heterocycles. The van der Waals surface area contributed by atoms with Crippen LogP contribution in [0.4, 0.5) is 4.39 Å². The minimum Gasteiger partial charge on any atom is -0.391 e. The molecule has 0 saturated heterocycles. The maximum absolute atomic E-state index is 12.6. The molecule has 1 amide bonds. The molecule has 0 aromatic heterocycles. The molecular weight excluding hydrogens is 225 g/mol. The van der Waals surface area contributed by atoms with E-state index in [2.05, 4.69) is 5.32 Å². The number of ether oxygens (including phenoxy) is 1. The van der Waals surface area contributed by atoms with Crippen LogP contribution in [0.1, 0.15) is 16.8 Å². The van der Waals surface area contributed by atoms with Gasteiger partial charge in [0.2, 0.25) is 0 Å². The fraction of sp³-hybridized carbons (Fsp3) is 0.417. The van der Waals surface area contributed by atoms with E-state index in [-0.39, 0.29) is 18.3 Å². The lowest BCUT2D eigenvalue weighted by atomic mass is 10.2. The second-order valence-corrected chi connectivity index (χ2v) is 3.66. The molecule has 0 bridgehead atoms. The Bertz CT molecular complexity index is 353. The lowest BCUT2D eigenvalue weighted by Crippen LogP contribution is -2.28. The summed E-state index contributed by atoms with van der Waals surface area (Å²) in [6.45, 7) is 0.590. The van der Waals surface area contributed by atoms with E-state index in [1.807, 2.05) is 0 Å². The highest BCUT2D eigenvalue weighted by molar-refractivity contribution is 5.94. The first kappa shape index (κ1) is 13.6. The van der Waals surface area contributed by atoms with Crippen molar-refractivity contribution in [2.24, 2.45) is 0 Å². The van der Waals surface area contributed by atoms with Crippen molar-refractivity contribution in [2.75, 3.05) is 20.3 Å². The maximum Gasteiger partial charge on any atom is 0.251 e. The zero-order valence-corrected chi connectivity index (χ0v) is 9.65. The number of aliphatic hydroxyl groups is 1. The predicted octanol–water partition coefficient (Wildman–Crippen LogP) is 0.953. The average Bonchev–Trinajstić information content (AvgIpc) is 2.30. The fourth-order valence-corrected chi connectivity index (χ4v) is 1.33. The molecule has 1 aromatic rings. The van der Waals surface area contributed by atoms with Crippen LogP contribution in [0, 0.1) is 5.82 Å². The molecular formula is C12H16FNO3. The molecule has 5 heteroatoms. The second-order valence-electron chi connectivity index (χ2n) is 3.66. The van der Waals surface area contributed by atoms with E-state index < -0.39 is 6.10 Å². The van der Waals surface area contributed by atoms with Crippen LogP contribution in [0.3, 0.4) is 0 Å². The van der Waals surface area contributed by atoms with Crippen LogP contribution in [-0.4, -0.2) is 37.4 Å². The maximum atomic E-state index is 12.6. The molecule has 0 spiro atoms. The molecule has 0 aliphatic heterocycles. The van der Waals surface area contributed by atoms with Crippen LogP contribution < -0.4 is 5.32 Å². The number of hydrogen-bond acceptors (Lipinski definition) is 3. The normalized spacial score (nSPS) is 12.2. The Labute approximate surface area is 99.4 Å². The number of amides is 1. The zero-order valence-electron chi connectivity index (χ0n) is 9.65. The summed E-state index contributed by atoms with van der Waals surface area (Å²) in [6, 6.07) is 5.29. The van der Waals surface area contributed by atoms with Gasteiger partial charge in [0.25, 0.3) is 5.91 Å². The molecule has 1 unspecified atom stereocenters. The van der Waals surface area contributed by atoms with Crippen molar-refractivity contribution >= 4 is 5.91 Å². The van der Waals surface area contributed by atoms with E-state index in [1.165, 1.54) is 31.4 Å². The molecule has 1 atom stereocenters. The predicted molar refractivity (Wildman–Crippen MR) is 61.2 cm³/mol. The van der Waals surface area contributed by atoms with Crippen LogP contribution in [0.15, 0.2) is 24.3 Å². The van der Waals surface area contributed by atoms with Crippen molar-refractivity contribution in [3.05, 3.63) is 35.6 Å². The standard InChI is InChI=1S/C12H16FNO3/c1-17-8-11(15)6-7-14-12(16)9-2-4-10(13)5-3-9/h2-5,11,15H,6-8H2,1H3,(H,14,16). The van der Waals surface area contributed by atoms with E-state index in [0.29, 0.717) is 18.5 Å². The van der Waals surface area contributed by atoms with Gasteiger partial charge in [0, 0.05) is 19.2 Å². The Morgan fingerprint density at radius 1 is 1.47 bits per heavy atom. The zero-order chi connectivity index (χ0) is 12.7. The number of nitrogens with one attached hydrogen (secondary N) is 1. The average molecular weight is 241 g/mol. The highest BCUT2D eigenvalue weighted by Gasteiger charge is 2.07. The Hall–Kier alpha value is -1.46. The van der Waals surface area contributed by atoms with Gasteiger partial charge in [-0.15, -0.1) is 0 Å². The third-order valence-corrected chi connectivity index (χ3v) is 2.23. The van der Waals surface area contributed by atoms with Gasteiger partial charge in [-0.3, -0.25) is 4.79 Å². The Balaban J connectivity index is 2.32. The fourth-order valence-electron chi connectivity index (χ4n) is 1.33. The van der Waals surface area contributed by atoms with Crippen molar-refractivity contribution in [3.8, 4) is 0 Å². The Morgan fingerprint density at radius 3 is 2.71 bits per heavy atom. The third kappa shape index (κ3) is 4.93. The van der Waals surface area contributed by atoms with Crippen molar-refractivity contribution in [1.82, 2.24) is 5.32 Å². The quantitative estimate of drug-likeness (QED) is 0.779. The minimum atomic E-state index is -0.589. The summed E-state index contributed by atoms with van der Waals surface area (Å²) in [5.41, 5.74) is 0.396. The van der Waals surface area contributed by atoms with Crippen LogP contribution >= 0.6 is 0 Å². The number of aliphatic hydroxyl groups excluding tert-OH is 1. The lowest BCUT2D eigenvalue weighted by Gasteiger charge is -2.10. The number of rotatable bonds is 6. The molecule has 4 nitrogen and oxygen atoms in total.